The Bertz CT molecular complexity index is 4460. The van der Waals surface area contributed by atoms with Crippen molar-refractivity contribution in [3.63, 3.8) is 0 Å². The Kier molecular flexibility index (Phi) is 18.4. The molecule has 0 saturated heterocycles. The lowest BCUT2D eigenvalue weighted by Gasteiger charge is -2.21. The number of fused-ring (bicyclic) bond motifs is 8. The van der Waals surface area contributed by atoms with E-state index in [-0.39, 0.29) is 5.41 Å². The average molecular weight is 1100 g/mol. The zero-order valence-corrected chi connectivity index (χ0v) is 51.0. The van der Waals surface area contributed by atoms with E-state index in [4.69, 9.17) is 0 Å². The summed E-state index contributed by atoms with van der Waals surface area (Å²) >= 11 is 0. The Hall–Kier alpha value is -9.62. The fourth-order valence-corrected chi connectivity index (χ4v) is 11.8. The zero-order chi connectivity index (χ0) is 59.5. The summed E-state index contributed by atoms with van der Waals surface area (Å²) in [6, 6.07) is 99.4. The first-order valence-electron chi connectivity index (χ1n) is 29.9. The van der Waals surface area contributed by atoms with Crippen molar-refractivity contribution in [3.8, 4) is 33.4 Å². The first kappa shape index (κ1) is 58.6. The molecule has 2 aliphatic carbocycles. The summed E-state index contributed by atoms with van der Waals surface area (Å²) in [4.78, 5) is 0. The summed E-state index contributed by atoms with van der Waals surface area (Å²) in [5.41, 5.74) is 24.6. The van der Waals surface area contributed by atoms with Crippen LogP contribution < -0.4 is 0 Å². The summed E-state index contributed by atoms with van der Waals surface area (Å²) < 4.78 is 0. The minimum atomic E-state index is 0.151. The highest BCUT2D eigenvalue weighted by Crippen LogP contribution is 2.48. The lowest BCUT2D eigenvalue weighted by Crippen LogP contribution is -2.14. The number of hydrogen-bond donors (Lipinski definition) is 0. The minimum Gasteiger partial charge on any atom is -0.0988 e. The lowest BCUT2D eigenvalue weighted by molar-refractivity contribution is 0.660. The molecule has 85 heavy (non-hydrogen) atoms. The van der Waals surface area contributed by atoms with E-state index >= 15 is 0 Å². The van der Waals surface area contributed by atoms with Gasteiger partial charge in [0.2, 0.25) is 0 Å². The Morgan fingerprint density at radius 1 is 0.306 bits per heavy atom. The minimum absolute atomic E-state index is 0.151. The number of aryl methyl sites for hydroxylation is 6. The second kappa shape index (κ2) is 26.7. The van der Waals surface area contributed by atoms with Crippen molar-refractivity contribution >= 4 is 48.7 Å². The molecule has 0 saturated carbocycles. The van der Waals surface area contributed by atoms with Gasteiger partial charge in [-0.3, -0.25) is 0 Å². The van der Waals surface area contributed by atoms with Gasteiger partial charge in [0.05, 0.1) is 0 Å². The van der Waals surface area contributed by atoms with Crippen molar-refractivity contribution < 1.29 is 0 Å². The summed E-state index contributed by atoms with van der Waals surface area (Å²) in [6.07, 6.45) is 3.04. The molecular weight excluding hydrogens is 1020 g/mol. The molecule has 0 spiro atoms. The van der Waals surface area contributed by atoms with E-state index in [0.29, 0.717) is 0 Å². The molecule has 0 heteroatoms. The van der Waals surface area contributed by atoms with Crippen LogP contribution in [0.2, 0.25) is 0 Å². The number of hydrogen-bond acceptors (Lipinski definition) is 0. The molecular formula is C85H78. The van der Waals surface area contributed by atoms with Crippen molar-refractivity contribution in [2.75, 3.05) is 0 Å². The van der Waals surface area contributed by atoms with Crippen LogP contribution in [0.25, 0.3) is 82.0 Å². The van der Waals surface area contributed by atoms with Crippen LogP contribution in [0.5, 0.6) is 0 Å². The maximum atomic E-state index is 3.84. The largest absolute Gasteiger partial charge is 0.0988 e. The molecule has 0 aromatic heterocycles. The van der Waals surface area contributed by atoms with Gasteiger partial charge >= 0.3 is 0 Å². The first-order chi connectivity index (χ1) is 41.2. The Morgan fingerprint density at radius 3 is 1.39 bits per heavy atom. The summed E-state index contributed by atoms with van der Waals surface area (Å²) in [7, 11) is 0. The van der Waals surface area contributed by atoms with Gasteiger partial charge in [-0.2, -0.15) is 0 Å². The van der Waals surface area contributed by atoms with Crippen LogP contribution in [0.4, 0.5) is 0 Å². The van der Waals surface area contributed by atoms with Gasteiger partial charge < -0.3 is 0 Å². The second-order valence-electron chi connectivity index (χ2n) is 23.4. The molecule has 0 N–H and O–H groups in total. The molecule has 418 valence electrons. The smallest absolute Gasteiger partial charge is 0.0158 e. The molecule has 2 aliphatic rings. The molecule has 0 amide bonds. The van der Waals surface area contributed by atoms with Crippen LogP contribution in [0.1, 0.15) is 76.4 Å². The predicted octanol–water partition coefficient (Wildman–Crippen LogP) is 23.7. The molecule has 13 aromatic rings. The molecule has 0 bridgehead atoms. The standard InChI is InChI=1S/2C17H14.C16H16.C13H14.2C11H10/c1-13-9-11-15(12-10-13)17-8-4-6-14-5-2-3-7-16(14)17;1-13-6-8-15(9-7-13)17-11-10-14-4-2-3-5-16(14)12-17;1-11-8-9-13-12-6-4-5-7-14(12)16(2,3)15(13)10-11;1-4-11-8-12-7-9(2)5-6-13(12)10(11)3;1-9-5-4-7-10-6-2-3-8-11(9)10;1-9-6-7-10-4-2-3-5-11(10)8-9/h2*2-12H,1H3;4-10H,1-3H3;4-7H,1,8H2,2-3H3;2*2-8H,1H3. The molecule has 0 aliphatic heterocycles. The third-order valence-electron chi connectivity index (χ3n) is 16.7. The van der Waals surface area contributed by atoms with E-state index in [1.807, 2.05) is 6.08 Å². The van der Waals surface area contributed by atoms with Crippen molar-refractivity contribution in [2.24, 2.45) is 0 Å². The quantitative estimate of drug-likeness (QED) is 0.165. The van der Waals surface area contributed by atoms with E-state index in [1.165, 1.54) is 143 Å². The normalized spacial score (nSPS) is 12.1. The average Bonchev–Trinajstić information content (AvgIpc) is 3.95. The van der Waals surface area contributed by atoms with Crippen molar-refractivity contribution in [1.82, 2.24) is 0 Å². The van der Waals surface area contributed by atoms with Gasteiger partial charge in [-0.05, 0) is 176 Å². The van der Waals surface area contributed by atoms with Crippen molar-refractivity contribution in [1.29, 1.82) is 0 Å². The Balaban J connectivity index is 0.000000114. The lowest BCUT2D eigenvalue weighted by atomic mass is 9.82. The molecule has 0 unspecified atom stereocenters. The zero-order valence-electron chi connectivity index (χ0n) is 51.0. The van der Waals surface area contributed by atoms with Gasteiger partial charge in [0.25, 0.3) is 0 Å². The predicted molar refractivity (Wildman–Crippen MR) is 372 cm³/mol. The first-order valence-corrected chi connectivity index (χ1v) is 29.9. The van der Waals surface area contributed by atoms with Crippen LogP contribution >= 0.6 is 0 Å². The van der Waals surface area contributed by atoms with Gasteiger partial charge in [-0.25, -0.2) is 0 Å². The number of allylic oxidation sites excluding steroid dienone is 3. The Labute approximate surface area is 506 Å². The third kappa shape index (κ3) is 13.9. The fraction of sp³-hybridized carbons (Fsp3) is 0.129. The number of rotatable bonds is 3. The molecule has 13 aromatic carbocycles. The molecule has 0 fully saturated rings. The van der Waals surface area contributed by atoms with Gasteiger partial charge in [-0.1, -0.05) is 327 Å². The SMILES string of the molecule is C=CC1=C(C)c2ccc(C)cc2C1.Cc1ccc(-c2ccc3ccccc3c2)cc1.Cc1ccc(-c2cccc3ccccc23)cc1.Cc1ccc2c(c1)C(C)(C)c1ccccc1-2.Cc1ccc2ccccc2c1.Cc1cccc2ccccc12. The van der Waals surface area contributed by atoms with Gasteiger partial charge in [0, 0.05) is 5.41 Å². The van der Waals surface area contributed by atoms with Crippen LogP contribution in [0.15, 0.2) is 297 Å². The maximum absolute atomic E-state index is 3.84. The van der Waals surface area contributed by atoms with Gasteiger partial charge in [-0.15, -0.1) is 0 Å². The molecule has 0 nitrogen and oxygen atoms in total. The van der Waals surface area contributed by atoms with Gasteiger partial charge in [0.15, 0.2) is 0 Å². The topological polar surface area (TPSA) is 0 Å². The summed E-state index contributed by atoms with van der Waals surface area (Å²) in [6.45, 7) is 23.5. The highest BCUT2D eigenvalue weighted by molar-refractivity contribution is 5.97. The monoisotopic (exact) mass is 1100 g/mol. The van der Waals surface area contributed by atoms with Crippen LogP contribution in [0, 0.1) is 41.5 Å². The van der Waals surface area contributed by atoms with Crippen molar-refractivity contribution in [3.05, 3.63) is 353 Å². The maximum Gasteiger partial charge on any atom is 0.0158 e. The van der Waals surface area contributed by atoms with E-state index in [9.17, 15) is 0 Å². The van der Waals surface area contributed by atoms with Crippen LogP contribution in [-0.4, -0.2) is 0 Å². The van der Waals surface area contributed by atoms with Crippen molar-refractivity contribution in [2.45, 2.75) is 74.1 Å². The van der Waals surface area contributed by atoms with E-state index in [2.05, 4.69) is 348 Å². The van der Waals surface area contributed by atoms with Crippen LogP contribution in [0.3, 0.4) is 0 Å². The highest BCUT2D eigenvalue weighted by Gasteiger charge is 2.34. The Morgan fingerprint density at radius 2 is 0.741 bits per heavy atom. The summed E-state index contributed by atoms with van der Waals surface area (Å²) in [5.74, 6) is 0. The second-order valence-corrected chi connectivity index (χ2v) is 23.4. The van der Waals surface area contributed by atoms with E-state index in [1.54, 1.807) is 0 Å². The van der Waals surface area contributed by atoms with Crippen LogP contribution in [-0.2, 0) is 11.8 Å². The summed E-state index contributed by atoms with van der Waals surface area (Å²) in [5, 5.41) is 10.5. The fourth-order valence-electron chi connectivity index (χ4n) is 11.8. The van der Waals surface area contributed by atoms with E-state index < -0.39 is 0 Å². The molecule has 0 heterocycles. The van der Waals surface area contributed by atoms with E-state index in [0.717, 1.165) is 6.42 Å². The third-order valence-corrected chi connectivity index (χ3v) is 16.7. The molecule has 0 atom stereocenters. The van der Waals surface area contributed by atoms with Gasteiger partial charge in [0.1, 0.15) is 0 Å². The molecule has 0 radical (unpaired) electrons. The number of benzene rings is 13. The highest BCUT2D eigenvalue weighted by atomic mass is 14.4. The molecule has 15 rings (SSSR count).